The Hall–Kier alpha value is -1.11. The number of carbonyl (C=O) groups excluding carboxylic acids is 2. The number of rotatable bonds is 4. The second-order valence-electron chi connectivity index (χ2n) is 3.60. The highest BCUT2D eigenvalue weighted by Crippen LogP contribution is 2.12. The number of nitrogens with one attached hydrogen (secondary N) is 1. The Kier molecular flexibility index (Phi) is 5.40. The monoisotopic (exact) mass is 347 g/mol. The van der Waals surface area contributed by atoms with E-state index in [-0.39, 0.29) is 12.3 Å². The molecule has 92 valence electrons. The minimum atomic E-state index is -0.526. The van der Waals surface area contributed by atoms with Crippen LogP contribution in [0.1, 0.15) is 17.5 Å². The fourth-order valence-corrected chi connectivity index (χ4v) is 1.96. The maximum atomic E-state index is 11.4. The zero-order chi connectivity index (χ0) is 12.8. The van der Waals surface area contributed by atoms with Gasteiger partial charge in [0.15, 0.2) is 0 Å². The average molecular weight is 347 g/mol. The molecule has 0 saturated carbocycles. The van der Waals surface area contributed by atoms with E-state index in [9.17, 15) is 9.59 Å². The van der Waals surface area contributed by atoms with E-state index in [1.807, 2.05) is 25.1 Å². The molecule has 0 radical (unpaired) electrons. The number of ether oxygens (including phenoxy) is 1. The first-order valence-electron chi connectivity index (χ1n) is 5.11. The lowest BCUT2D eigenvalue weighted by Gasteiger charge is -2.08. The third kappa shape index (κ3) is 4.72. The predicted molar refractivity (Wildman–Crippen MR) is 72.4 cm³/mol. The first kappa shape index (κ1) is 14.0. The van der Waals surface area contributed by atoms with E-state index in [1.54, 1.807) is 0 Å². The zero-order valence-corrected chi connectivity index (χ0v) is 11.9. The minimum absolute atomic E-state index is 0.236. The SMILES string of the molecule is COC(=O)CC(=O)NCc1ccc(I)cc1C. The summed E-state index contributed by atoms with van der Waals surface area (Å²) >= 11 is 2.24. The van der Waals surface area contributed by atoms with Gasteiger partial charge in [0.05, 0.1) is 7.11 Å². The van der Waals surface area contributed by atoms with E-state index >= 15 is 0 Å². The van der Waals surface area contributed by atoms with Gasteiger partial charge in [0.2, 0.25) is 5.91 Å². The third-order valence-corrected chi connectivity index (χ3v) is 2.98. The van der Waals surface area contributed by atoms with Crippen LogP contribution in [0.4, 0.5) is 0 Å². The maximum Gasteiger partial charge on any atom is 0.315 e. The first-order valence-corrected chi connectivity index (χ1v) is 6.19. The van der Waals surface area contributed by atoms with Crippen LogP contribution in [0, 0.1) is 10.5 Å². The maximum absolute atomic E-state index is 11.4. The predicted octanol–water partition coefficient (Wildman–Crippen LogP) is 1.78. The fraction of sp³-hybridized carbons (Fsp3) is 0.333. The van der Waals surface area contributed by atoms with Crippen molar-refractivity contribution in [3.05, 3.63) is 32.9 Å². The van der Waals surface area contributed by atoms with Crippen molar-refractivity contribution in [3.63, 3.8) is 0 Å². The van der Waals surface area contributed by atoms with Crippen molar-refractivity contribution in [2.45, 2.75) is 19.9 Å². The Morgan fingerprint density at radius 1 is 1.41 bits per heavy atom. The summed E-state index contributed by atoms with van der Waals surface area (Å²) in [6.07, 6.45) is -0.236. The second-order valence-corrected chi connectivity index (χ2v) is 4.85. The number of aryl methyl sites for hydroxylation is 1. The van der Waals surface area contributed by atoms with Gasteiger partial charge in [-0.15, -0.1) is 0 Å². The van der Waals surface area contributed by atoms with Gasteiger partial charge in [-0.25, -0.2) is 0 Å². The largest absolute Gasteiger partial charge is 0.469 e. The number of amides is 1. The summed E-state index contributed by atoms with van der Waals surface area (Å²) in [7, 11) is 1.26. The minimum Gasteiger partial charge on any atom is -0.469 e. The molecule has 0 aliphatic rings. The van der Waals surface area contributed by atoms with Crippen molar-refractivity contribution in [1.29, 1.82) is 0 Å². The lowest BCUT2D eigenvalue weighted by molar-refractivity contribution is -0.143. The van der Waals surface area contributed by atoms with E-state index in [0.29, 0.717) is 6.54 Å². The van der Waals surface area contributed by atoms with Gasteiger partial charge >= 0.3 is 5.97 Å². The first-order chi connectivity index (χ1) is 8.02. The normalized spacial score (nSPS) is 9.82. The summed E-state index contributed by atoms with van der Waals surface area (Å²) in [4.78, 5) is 22.2. The number of benzene rings is 1. The number of methoxy groups -OCH3 is 1. The van der Waals surface area contributed by atoms with Crippen molar-refractivity contribution in [1.82, 2.24) is 5.32 Å². The quantitative estimate of drug-likeness (QED) is 0.513. The molecule has 1 N–H and O–H groups in total. The molecule has 0 spiro atoms. The highest BCUT2D eigenvalue weighted by Gasteiger charge is 2.09. The van der Waals surface area contributed by atoms with E-state index in [2.05, 4.69) is 32.6 Å². The molecule has 1 amide bonds. The van der Waals surface area contributed by atoms with E-state index in [1.165, 1.54) is 7.11 Å². The van der Waals surface area contributed by atoms with Crippen LogP contribution < -0.4 is 5.32 Å². The summed E-state index contributed by atoms with van der Waals surface area (Å²) in [5.41, 5.74) is 2.17. The van der Waals surface area contributed by atoms with Gasteiger partial charge < -0.3 is 10.1 Å². The van der Waals surface area contributed by atoms with E-state index in [0.717, 1.165) is 14.7 Å². The standard InChI is InChI=1S/C12H14INO3/c1-8-5-10(13)4-3-9(8)7-14-11(15)6-12(16)17-2/h3-5H,6-7H2,1-2H3,(H,14,15). The molecule has 0 atom stereocenters. The van der Waals surface area contributed by atoms with Gasteiger partial charge in [0.25, 0.3) is 0 Å². The zero-order valence-electron chi connectivity index (χ0n) is 9.75. The number of esters is 1. The van der Waals surface area contributed by atoms with Crippen LogP contribution in [-0.2, 0) is 20.9 Å². The number of carbonyl (C=O) groups is 2. The summed E-state index contributed by atoms with van der Waals surface area (Å²) in [6, 6.07) is 5.99. The molecule has 0 aromatic heterocycles. The molecule has 0 aliphatic heterocycles. The van der Waals surface area contributed by atoms with Crippen molar-refractivity contribution in [3.8, 4) is 0 Å². The third-order valence-electron chi connectivity index (χ3n) is 2.31. The van der Waals surface area contributed by atoms with E-state index in [4.69, 9.17) is 0 Å². The number of hydrogen-bond acceptors (Lipinski definition) is 3. The molecular formula is C12H14INO3. The van der Waals surface area contributed by atoms with E-state index < -0.39 is 5.97 Å². The molecule has 0 aliphatic carbocycles. The fourth-order valence-electron chi connectivity index (χ4n) is 1.32. The molecule has 4 nitrogen and oxygen atoms in total. The summed E-state index contributed by atoms with van der Waals surface area (Å²) in [5.74, 6) is -0.850. The molecular weight excluding hydrogens is 333 g/mol. The van der Waals surface area contributed by atoms with Gasteiger partial charge in [0.1, 0.15) is 6.42 Å². The van der Waals surface area contributed by atoms with Crippen molar-refractivity contribution >= 4 is 34.5 Å². The Morgan fingerprint density at radius 2 is 2.12 bits per heavy atom. The van der Waals surface area contributed by atoms with Gasteiger partial charge in [-0.1, -0.05) is 6.07 Å². The summed E-state index contributed by atoms with van der Waals surface area (Å²) in [6.45, 7) is 2.42. The van der Waals surface area contributed by atoms with Crippen molar-refractivity contribution < 1.29 is 14.3 Å². The molecule has 17 heavy (non-hydrogen) atoms. The van der Waals surface area contributed by atoms with Gasteiger partial charge in [-0.2, -0.15) is 0 Å². The molecule has 1 rings (SSSR count). The Balaban J connectivity index is 2.50. The molecule has 1 aromatic carbocycles. The lowest BCUT2D eigenvalue weighted by Crippen LogP contribution is -2.25. The molecule has 0 bridgehead atoms. The highest BCUT2D eigenvalue weighted by atomic mass is 127. The molecule has 0 heterocycles. The van der Waals surface area contributed by atoms with Crippen molar-refractivity contribution in [2.24, 2.45) is 0 Å². The lowest BCUT2D eigenvalue weighted by atomic mass is 10.1. The Morgan fingerprint density at radius 3 is 2.71 bits per heavy atom. The molecule has 0 unspecified atom stereocenters. The number of halogens is 1. The molecule has 1 aromatic rings. The molecule has 5 heteroatoms. The van der Waals surface area contributed by atoms with Crippen LogP contribution in [0.5, 0.6) is 0 Å². The topological polar surface area (TPSA) is 55.4 Å². The van der Waals surface area contributed by atoms with Gasteiger partial charge in [-0.3, -0.25) is 9.59 Å². The van der Waals surface area contributed by atoms with Gasteiger partial charge in [0, 0.05) is 10.1 Å². The van der Waals surface area contributed by atoms with Crippen LogP contribution in [0.15, 0.2) is 18.2 Å². The average Bonchev–Trinajstić information content (AvgIpc) is 2.27. The summed E-state index contributed by atoms with van der Waals surface area (Å²) < 4.78 is 5.57. The van der Waals surface area contributed by atoms with Crippen molar-refractivity contribution in [2.75, 3.05) is 7.11 Å². The Labute approximate surface area is 114 Å². The van der Waals surface area contributed by atoms with Crippen LogP contribution in [0.3, 0.4) is 0 Å². The second kappa shape index (κ2) is 6.58. The van der Waals surface area contributed by atoms with Gasteiger partial charge in [-0.05, 0) is 52.8 Å². The Bertz CT molecular complexity index is 432. The van der Waals surface area contributed by atoms with Crippen LogP contribution in [0.25, 0.3) is 0 Å². The number of hydrogen-bond donors (Lipinski definition) is 1. The summed E-state index contributed by atoms with van der Waals surface area (Å²) in [5, 5.41) is 2.68. The van der Waals surface area contributed by atoms with Crippen LogP contribution in [-0.4, -0.2) is 19.0 Å². The smallest absolute Gasteiger partial charge is 0.315 e. The molecule has 0 fully saturated rings. The van der Waals surface area contributed by atoms with Crippen LogP contribution in [0.2, 0.25) is 0 Å². The highest BCUT2D eigenvalue weighted by molar-refractivity contribution is 14.1. The van der Waals surface area contributed by atoms with Crippen LogP contribution >= 0.6 is 22.6 Å². The molecule has 0 saturated heterocycles.